The van der Waals surface area contributed by atoms with Gasteiger partial charge in [0.1, 0.15) is 5.75 Å². The molecule has 0 saturated heterocycles. The van der Waals surface area contributed by atoms with Gasteiger partial charge in [0, 0.05) is 6.54 Å². The molecule has 1 fully saturated rings. The molecule has 100 valence electrons. The van der Waals surface area contributed by atoms with E-state index in [-0.39, 0.29) is 0 Å². The fourth-order valence-electron chi connectivity index (χ4n) is 3.24. The van der Waals surface area contributed by atoms with Crippen molar-refractivity contribution in [3.05, 3.63) is 29.8 Å². The fourth-order valence-corrected chi connectivity index (χ4v) is 3.24. The van der Waals surface area contributed by atoms with Crippen LogP contribution in [0.4, 0.5) is 0 Å². The minimum atomic E-state index is 0.354. The first-order valence-corrected chi connectivity index (χ1v) is 6.94. The Bertz CT molecular complexity index is 383. The average molecular weight is 247 g/mol. The Kier molecular flexibility index (Phi) is 3.96. The van der Waals surface area contributed by atoms with Crippen LogP contribution in [0.5, 0.6) is 5.75 Å². The third-order valence-corrected chi connectivity index (χ3v) is 3.81. The van der Waals surface area contributed by atoms with Crippen molar-refractivity contribution < 1.29 is 4.74 Å². The molecule has 2 atom stereocenters. The maximum Gasteiger partial charge on any atom is 0.119 e. The Labute approximate surface area is 111 Å². The normalized spacial score (nSPS) is 26.9. The largest absolute Gasteiger partial charge is 0.490 e. The summed E-state index contributed by atoms with van der Waals surface area (Å²) in [5.74, 6) is 1.73. The lowest BCUT2D eigenvalue weighted by atomic mass is 9.71. The van der Waals surface area contributed by atoms with Crippen LogP contribution in [0.2, 0.25) is 0 Å². The lowest BCUT2D eigenvalue weighted by Gasteiger charge is -2.38. The topological polar surface area (TPSA) is 35.2 Å². The molecule has 1 aromatic rings. The number of hydrogen-bond acceptors (Lipinski definition) is 2. The van der Waals surface area contributed by atoms with E-state index < -0.39 is 0 Å². The van der Waals surface area contributed by atoms with E-state index in [0.29, 0.717) is 18.1 Å². The summed E-state index contributed by atoms with van der Waals surface area (Å²) in [6.07, 6.45) is 3.98. The summed E-state index contributed by atoms with van der Waals surface area (Å²) in [5, 5.41) is 0. The number of benzene rings is 1. The van der Waals surface area contributed by atoms with E-state index >= 15 is 0 Å². The summed E-state index contributed by atoms with van der Waals surface area (Å²) >= 11 is 0. The van der Waals surface area contributed by atoms with Crippen LogP contribution in [-0.4, -0.2) is 6.10 Å². The minimum absolute atomic E-state index is 0.354. The van der Waals surface area contributed by atoms with Gasteiger partial charge in [-0.25, -0.2) is 0 Å². The molecule has 0 heterocycles. The second kappa shape index (κ2) is 5.31. The summed E-state index contributed by atoms with van der Waals surface area (Å²) in [6.45, 7) is 7.61. The molecule has 0 amide bonds. The molecule has 0 radical (unpaired) electrons. The molecule has 1 aliphatic carbocycles. The SMILES string of the molecule is CC1CC(Oc2ccc(CN)cc2)CC(C)(C)C1. The van der Waals surface area contributed by atoms with Gasteiger partial charge in [-0.3, -0.25) is 0 Å². The molecule has 1 aliphatic rings. The molecule has 1 saturated carbocycles. The van der Waals surface area contributed by atoms with Gasteiger partial charge in [-0.1, -0.05) is 32.9 Å². The van der Waals surface area contributed by atoms with Crippen molar-refractivity contribution in [3.8, 4) is 5.75 Å². The highest BCUT2D eigenvalue weighted by Gasteiger charge is 2.33. The molecule has 1 aromatic carbocycles. The number of hydrogen-bond donors (Lipinski definition) is 1. The highest BCUT2D eigenvalue weighted by Crippen LogP contribution is 2.39. The van der Waals surface area contributed by atoms with Crippen molar-refractivity contribution in [2.45, 2.75) is 52.7 Å². The summed E-state index contributed by atoms with van der Waals surface area (Å²) in [4.78, 5) is 0. The van der Waals surface area contributed by atoms with Gasteiger partial charge in [0.25, 0.3) is 0 Å². The van der Waals surface area contributed by atoms with E-state index in [0.717, 1.165) is 23.7 Å². The van der Waals surface area contributed by atoms with Crippen LogP contribution in [0.15, 0.2) is 24.3 Å². The van der Waals surface area contributed by atoms with E-state index in [2.05, 4.69) is 20.8 Å². The van der Waals surface area contributed by atoms with Crippen LogP contribution in [-0.2, 0) is 6.54 Å². The van der Waals surface area contributed by atoms with Crippen molar-refractivity contribution in [2.75, 3.05) is 0 Å². The first-order valence-electron chi connectivity index (χ1n) is 6.94. The fraction of sp³-hybridized carbons (Fsp3) is 0.625. The standard InChI is InChI=1S/C16H25NO/c1-12-8-15(10-16(2,3)9-12)18-14-6-4-13(11-17)5-7-14/h4-7,12,15H,8-11,17H2,1-3H3. The highest BCUT2D eigenvalue weighted by atomic mass is 16.5. The Balaban J connectivity index is 1.99. The third-order valence-electron chi connectivity index (χ3n) is 3.81. The first-order chi connectivity index (χ1) is 8.48. The molecule has 2 rings (SSSR count). The summed E-state index contributed by atoms with van der Waals surface area (Å²) < 4.78 is 6.12. The van der Waals surface area contributed by atoms with Crippen LogP contribution < -0.4 is 10.5 Å². The molecule has 2 nitrogen and oxygen atoms in total. The van der Waals surface area contributed by atoms with Gasteiger partial charge < -0.3 is 10.5 Å². The Morgan fingerprint density at radius 2 is 1.89 bits per heavy atom. The van der Waals surface area contributed by atoms with Crippen LogP contribution >= 0.6 is 0 Å². The third kappa shape index (κ3) is 3.49. The van der Waals surface area contributed by atoms with Gasteiger partial charge in [0.15, 0.2) is 0 Å². The molecule has 2 unspecified atom stereocenters. The van der Waals surface area contributed by atoms with Crippen LogP contribution in [0.3, 0.4) is 0 Å². The van der Waals surface area contributed by atoms with Crippen molar-refractivity contribution in [1.29, 1.82) is 0 Å². The molecule has 2 N–H and O–H groups in total. The lowest BCUT2D eigenvalue weighted by Crippen LogP contribution is -2.34. The molecule has 0 aromatic heterocycles. The van der Waals surface area contributed by atoms with Gasteiger partial charge in [-0.15, -0.1) is 0 Å². The maximum atomic E-state index is 6.12. The maximum absolute atomic E-state index is 6.12. The Morgan fingerprint density at radius 1 is 1.22 bits per heavy atom. The van der Waals surface area contributed by atoms with Crippen molar-refractivity contribution >= 4 is 0 Å². The van der Waals surface area contributed by atoms with Crippen LogP contribution in [0.1, 0.15) is 45.6 Å². The van der Waals surface area contributed by atoms with Gasteiger partial charge >= 0.3 is 0 Å². The van der Waals surface area contributed by atoms with Crippen LogP contribution in [0, 0.1) is 11.3 Å². The quantitative estimate of drug-likeness (QED) is 0.883. The Morgan fingerprint density at radius 3 is 2.44 bits per heavy atom. The van der Waals surface area contributed by atoms with Gasteiger partial charge in [0.05, 0.1) is 6.10 Å². The van der Waals surface area contributed by atoms with Gasteiger partial charge in [-0.2, -0.15) is 0 Å². The van der Waals surface area contributed by atoms with Crippen LogP contribution in [0.25, 0.3) is 0 Å². The second-order valence-electron chi connectivity index (χ2n) is 6.50. The van der Waals surface area contributed by atoms with E-state index in [9.17, 15) is 0 Å². The minimum Gasteiger partial charge on any atom is -0.490 e. The van der Waals surface area contributed by atoms with Crippen molar-refractivity contribution in [1.82, 2.24) is 0 Å². The molecular weight excluding hydrogens is 222 g/mol. The predicted octanol–water partition coefficient (Wildman–Crippen LogP) is 3.74. The van der Waals surface area contributed by atoms with E-state index in [1.165, 1.54) is 12.8 Å². The smallest absolute Gasteiger partial charge is 0.119 e. The van der Waals surface area contributed by atoms with E-state index in [1.807, 2.05) is 24.3 Å². The lowest BCUT2D eigenvalue weighted by molar-refractivity contribution is 0.0562. The number of nitrogens with two attached hydrogens (primary N) is 1. The molecule has 18 heavy (non-hydrogen) atoms. The zero-order valence-corrected chi connectivity index (χ0v) is 11.8. The molecule has 2 heteroatoms. The van der Waals surface area contributed by atoms with E-state index in [4.69, 9.17) is 10.5 Å². The zero-order valence-electron chi connectivity index (χ0n) is 11.8. The predicted molar refractivity (Wildman–Crippen MR) is 75.5 cm³/mol. The van der Waals surface area contributed by atoms with E-state index in [1.54, 1.807) is 0 Å². The highest BCUT2D eigenvalue weighted by molar-refractivity contribution is 5.27. The first kappa shape index (κ1) is 13.4. The molecular formula is C16H25NO. The average Bonchev–Trinajstić information content (AvgIpc) is 2.27. The second-order valence-corrected chi connectivity index (χ2v) is 6.50. The van der Waals surface area contributed by atoms with Crippen molar-refractivity contribution in [3.63, 3.8) is 0 Å². The number of rotatable bonds is 3. The summed E-state index contributed by atoms with van der Waals surface area (Å²) in [6, 6.07) is 8.17. The molecule has 0 bridgehead atoms. The van der Waals surface area contributed by atoms with Gasteiger partial charge in [-0.05, 0) is 48.3 Å². The van der Waals surface area contributed by atoms with Gasteiger partial charge in [0.2, 0.25) is 0 Å². The molecule has 0 aliphatic heterocycles. The zero-order chi connectivity index (χ0) is 13.2. The Hall–Kier alpha value is -1.02. The summed E-state index contributed by atoms with van der Waals surface area (Å²) in [5.41, 5.74) is 7.15. The summed E-state index contributed by atoms with van der Waals surface area (Å²) in [7, 11) is 0. The van der Waals surface area contributed by atoms with Crippen molar-refractivity contribution in [2.24, 2.45) is 17.1 Å². The monoisotopic (exact) mass is 247 g/mol. The number of ether oxygens (including phenoxy) is 1. The molecule has 0 spiro atoms.